The number of rotatable bonds is 9. The molecular weight excluding hydrogens is 380 g/mol. The van der Waals surface area contributed by atoms with Crippen LogP contribution in [-0.4, -0.2) is 36.1 Å². The number of methoxy groups -OCH3 is 1. The molecule has 0 aliphatic heterocycles. The zero-order valence-corrected chi connectivity index (χ0v) is 16.2. The molecule has 1 amide bonds. The van der Waals surface area contributed by atoms with Crippen LogP contribution in [0.1, 0.15) is 11.1 Å². The van der Waals surface area contributed by atoms with Gasteiger partial charge < -0.3 is 9.47 Å². The van der Waals surface area contributed by atoms with Gasteiger partial charge in [-0.15, -0.1) is 0 Å². The normalized spacial score (nSPS) is 11.3. The standard InChI is InChI=1S/C20H22N2O5S/c1-26-18(23)14-28-19(24)17(12-15-8-4-2-5-9-15)21-22-20(25)27-13-16-10-6-3-7-11-16/h2-11,17,21H,12-14H2,1H3,(H,22,25)/t17-/m0/s1. The van der Waals surface area contributed by atoms with Gasteiger partial charge in [0.25, 0.3) is 0 Å². The fourth-order valence-corrected chi connectivity index (χ4v) is 2.96. The van der Waals surface area contributed by atoms with Crippen molar-refractivity contribution < 1.29 is 23.9 Å². The summed E-state index contributed by atoms with van der Waals surface area (Å²) in [5.41, 5.74) is 6.85. The zero-order chi connectivity index (χ0) is 20.2. The Kier molecular flexibility index (Phi) is 9.03. The third-order valence-corrected chi connectivity index (χ3v) is 4.64. The van der Waals surface area contributed by atoms with Crippen LogP contribution in [-0.2, 0) is 32.1 Å². The van der Waals surface area contributed by atoms with E-state index in [1.54, 1.807) is 0 Å². The molecule has 7 nitrogen and oxygen atoms in total. The van der Waals surface area contributed by atoms with E-state index in [4.69, 9.17) is 4.74 Å². The van der Waals surface area contributed by atoms with Crippen LogP contribution < -0.4 is 10.9 Å². The first-order valence-corrected chi connectivity index (χ1v) is 9.56. The molecule has 0 bridgehead atoms. The van der Waals surface area contributed by atoms with Crippen molar-refractivity contribution in [2.24, 2.45) is 0 Å². The summed E-state index contributed by atoms with van der Waals surface area (Å²) in [5.74, 6) is -0.590. The maximum Gasteiger partial charge on any atom is 0.421 e. The predicted molar refractivity (Wildman–Crippen MR) is 106 cm³/mol. The Morgan fingerprint density at radius 3 is 2.18 bits per heavy atom. The minimum atomic E-state index is -0.735. The number of nitrogens with one attached hydrogen (secondary N) is 2. The average Bonchev–Trinajstić information content (AvgIpc) is 2.74. The Labute approximate surface area is 167 Å². The van der Waals surface area contributed by atoms with Gasteiger partial charge >= 0.3 is 12.1 Å². The number of hydrazine groups is 1. The minimum Gasteiger partial charge on any atom is -0.468 e. The Balaban J connectivity index is 1.89. The molecule has 0 fully saturated rings. The highest BCUT2D eigenvalue weighted by molar-refractivity contribution is 8.14. The Morgan fingerprint density at radius 1 is 0.964 bits per heavy atom. The molecule has 0 aromatic heterocycles. The quantitative estimate of drug-likeness (QED) is 0.491. The van der Waals surface area contributed by atoms with Gasteiger partial charge in [-0.3, -0.25) is 15.0 Å². The van der Waals surface area contributed by atoms with Crippen LogP contribution in [0.5, 0.6) is 0 Å². The van der Waals surface area contributed by atoms with Gasteiger partial charge in [-0.25, -0.2) is 10.2 Å². The molecule has 2 rings (SSSR count). The molecule has 0 saturated heterocycles. The lowest BCUT2D eigenvalue weighted by Crippen LogP contribution is -2.48. The number of carbonyl (C=O) groups is 3. The smallest absolute Gasteiger partial charge is 0.421 e. The van der Waals surface area contributed by atoms with Gasteiger partial charge in [0.15, 0.2) is 0 Å². The molecule has 0 unspecified atom stereocenters. The number of hydrogen-bond donors (Lipinski definition) is 2. The number of hydrogen-bond acceptors (Lipinski definition) is 7. The average molecular weight is 402 g/mol. The molecule has 0 spiro atoms. The lowest BCUT2D eigenvalue weighted by Gasteiger charge is -2.18. The third-order valence-electron chi connectivity index (χ3n) is 3.69. The highest BCUT2D eigenvalue weighted by Crippen LogP contribution is 2.11. The van der Waals surface area contributed by atoms with E-state index in [0.717, 1.165) is 22.9 Å². The Hall–Kier alpha value is -2.84. The van der Waals surface area contributed by atoms with Crippen molar-refractivity contribution in [1.29, 1.82) is 0 Å². The van der Waals surface area contributed by atoms with E-state index in [1.807, 2.05) is 60.7 Å². The molecule has 0 aliphatic carbocycles. The molecule has 2 aromatic carbocycles. The summed E-state index contributed by atoms with van der Waals surface area (Å²) in [6.45, 7) is 0.114. The summed E-state index contributed by atoms with van der Waals surface area (Å²) in [4.78, 5) is 35.7. The Bertz CT molecular complexity index is 771. The van der Waals surface area contributed by atoms with Gasteiger partial charge in [0, 0.05) is 0 Å². The number of carbonyl (C=O) groups excluding carboxylic acids is 3. The molecule has 28 heavy (non-hydrogen) atoms. The summed E-state index contributed by atoms with van der Waals surface area (Å²) in [6, 6.07) is 17.9. The van der Waals surface area contributed by atoms with E-state index in [-0.39, 0.29) is 17.5 Å². The van der Waals surface area contributed by atoms with Crippen molar-refractivity contribution in [2.45, 2.75) is 19.1 Å². The monoisotopic (exact) mass is 402 g/mol. The van der Waals surface area contributed by atoms with Crippen LogP contribution in [0.3, 0.4) is 0 Å². The van der Waals surface area contributed by atoms with Gasteiger partial charge in [-0.2, -0.15) is 0 Å². The van der Waals surface area contributed by atoms with Gasteiger partial charge in [0.05, 0.1) is 18.9 Å². The third kappa shape index (κ3) is 7.81. The largest absolute Gasteiger partial charge is 0.468 e. The van der Waals surface area contributed by atoms with Crippen LogP contribution in [0.4, 0.5) is 4.79 Å². The van der Waals surface area contributed by atoms with Crippen LogP contribution in [0.2, 0.25) is 0 Å². The van der Waals surface area contributed by atoms with Crippen molar-refractivity contribution in [1.82, 2.24) is 10.9 Å². The van der Waals surface area contributed by atoms with E-state index in [0.29, 0.717) is 6.42 Å². The van der Waals surface area contributed by atoms with E-state index >= 15 is 0 Å². The fourth-order valence-electron chi connectivity index (χ4n) is 2.24. The summed E-state index contributed by atoms with van der Waals surface area (Å²) >= 11 is 0.830. The van der Waals surface area contributed by atoms with Gasteiger partial charge in [-0.05, 0) is 17.5 Å². The maximum atomic E-state index is 12.5. The van der Waals surface area contributed by atoms with Crippen LogP contribution in [0.15, 0.2) is 60.7 Å². The molecule has 0 aliphatic rings. The first kappa shape index (κ1) is 21.5. The van der Waals surface area contributed by atoms with Crippen LogP contribution >= 0.6 is 11.8 Å². The van der Waals surface area contributed by atoms with E-state index in [2.05, 4.69) is 15.6 Å². The summed E-state index contributed by atoms with van der Waals surface area (Å²) < 4.78 is 9.67. The summed E-state index contributed by atoms with van der Waals surface area (Å²) in [6.07, 6.45) is -0.361. The van der Waals surface area contributed by atoms with Gasteiger partial charge in [0.2, 0.25) is 5.12 Å². The second-order valence-corrected chi connectivity index (χ2v) is 6.74. The summed E-state index contributed by atoms with van der Waals surface area (Å²) in [7, 11) is 1.26. The van der Waals surface area contributed by atoms with Crippen molar-refractivity contribution >= 4 is 28.9 Å². The maximum absolute atomic E-state index is 12.5. The highest BCUT2D eigenvalue weighted by Gasteiger charge is 2.21. The van der Waals surface area contributed by atoms with Gasteiger partial charge in [-0.1, -0.05) is 72.4 Å². The number of ether oxygens (including phenoxy) is 2. The SMILES string of the molecule is COC(=O)CSC(=O)[C@H](Cc1ccccc1)NNC(=O)OCc1ccccc1. The number of thioether (sulfide) groups is 1. The molecule has 0 radical (unpaired) electrons. The fraction of sp³-hybridized carbons (Fsp3) is 0.250. The molecule has 0 heterocycles. The Morgan fingerprint density at radius 2 is 1.57 bits per heavy atom. The van der Waals surface area contributed by atoms with E-state index in [9.17, 15) is 14.4 Å². The lowest BCUT2D eigenvalue weighted by atomic mass is 10.1. The number of amides is 1. The second kappa shape index (κ2) is 11.8. The molecule has 148 valence electrons. The first-order valence-electron chi connectivity index (χ1n) is 8.58. The molecule has 2 aromatic rings. The first-order chi connectivity index (χ1) is 13.6. The second-order valence-electron chi connectivity index (χ2n) is 5.76. The van der Waals surface area contributed by atoms with Gasteiger partial charge in [0.1, 0.15) is 6.61 Å². The van der Waals surface area contributed by atoms with Crippen molar-refractivity contribution in [3.63, 3.8) is 0 Å². The molecule has 0 saturated carbocycles. The van der Waals surface area contributed by atoms with E-state index in [1.165, 1.54) is 7.11 Å². The topological polar surface area (TPSA) is 93.7 Å². The van der Waals surface area contributed by atoms with Crippen molar-refractivity contribution in [3.8, 4) is 0 Å². The number of benzene rings is 2. The van der Waals surface area contributed by atoms with Crippen molar-refractivity contribution in [2.75, 3.05) is 12.9 Å². The van der Waals surface area contributed by atoms with Crippen LogP contribution in [0.25, 0.3) is 0 Å². The molecule has 1 atom stereocenters. The molecule has 8 heteroatoms. The van der Waals surface area contributed by atoms with E-state index < -0.39 is 18.1 Å². The lowest BCUT2D eigenvalue weighted by molar-refractivity contribution is -0.137. The van der Waals surface area contributed by atoms with Crippen LogP contribution in [0, 0.1) is 0 Å². The summed E-state index contributed by atoms with van der Waals surface area (Å²) in [5, 5.41) is -0.294. The zero-order valence-electron chi connectivity index (χ0n) is 15.4. The van der Waals surface area contributed by atoms with Crippen molar-refractivity contribution in [3.05, 3.63) is 71.8 Å². The predicted octanol–water partition coefficient (Wildman–Crippen LogP) is 2.46. The highest BCUT2D eigenvalue weighted by atomic mass is 32.2. The minimum absolute atomic E-state index is 0.0965. The number of esters is 1. The molecular formula is C20H22N2O5S. The molecule has 2 N–H and O–H groups in total.